The molecule has 5 nitrogen and oxygen atoms in total. The molecule has 0 radical (unpaired) electrons. The predicted molar refractivity (Wildman–Crippen MR) is 322 cm³/mol. The highest BCUT2D eigenvalue weighted by atomic mass is 15.2. The van der Waals surface area contributed by atoms with Crippen molar-refractivity contribution < 1.29 is 0 Å². The molecule has 0 saturated carbocycles. The van der Waals surface area contributed by atoms with E-state index >= 15 is 0 Å². The van der Waals surface area contributed by atoms with E-state index in [1.165, 1.54) is 71.6 Å². The number of nitrogens with zero attached hydrogens (tertiary/aromatic N) is 5. The Hall–Kier alpha value is -10.4. The molecule has 15 aromatic rings. The highest BCUT2D eigenvalue weighted by molar-refractivity contribution is 6.22. The Morgan fingerprint density at radius 2 is 0.910 bits per heavy atom. The van der Waals surface area contributed by atoms with Gasteiger partial charge in [-0.1, -0.05) is 212 Å². The quantitative estimate of drug-likeness (QED) is 0.167. The Labute approximate surface area is 449 Å². The summed E-state index contributed by atoms with van der Waals surface area (Å²) in [6, 6.07) is 100. The van der Waals surface area contributed by atoms with E-state index in [9.17, 15) is 0 Å². The lowest BCUT2D eigenvalue weighted by molar-refractivity contribution is 0.794. The van der Waals surface area contributed by atoms with E-state index in [4.69, 9.17) is 9.97 Å². The van der Waals surface area contributed by atoms with E-state index in [0.29, 0.717) is 5.95 Å². The monoisotopic (exact) mass is 991 g/mol. The second-order valence-corrected chi connectivity index (χ2v) is 20.8. The summed E-state index contributed by atoms with van der Waals surface area (Å²) >= 11 is 0. The maximum Gasteiger partial charge on any atom is 0.235 e. The van der Waals surface area contributed by atoms with Crippen molar-refractivity contribution in [1.29, 1.82) is 0 Å². The Bertz CT molecular complexity index is 4940. The van der Waals surface area contributed by atoms with Gasteiger partial charge in [0.2, 0.25) is 5.95 Å². The van der Waals surface area contributed by atoms with Crippen molar-refractivity contribution in [3.63, 3.8) is 0 Å². The molecule has 3 heterocycles. The highest BCUT2D eigenvalue weighted by Gasteiger charge is 2.52. The van der Waals surface area contributed by atoms with Crippen molar-refractivity contribution in [2.75, 3.05) is 4.90 Å². The van der Waals surface area contributed by atoms with E-state index in [0.717, 1.165) is 72.2 Å². The van der Waals surface area contributed by atoms with Gasteiger partial charge < -0.3 is 9.47 Å². The average molecular weight is 992 g/mol. The number of benzene rings is 12. The number of fused-ring (bicyclic) bond motifs is 19. The Morgan fingerprint density at radius 3 is 1.67 bits per heavy atom. The molecular formula is C73H45N5. The predicted octanol–water partition coefficient (Wildman–Crippen LogP) is 18.5. The third-order valence-corrected chi connectivity index (χ3v) is 16.9. The second-order valence-electron chi connectivity index (χ2n) is 20.8. The summed E-state index contributed by atoms with van der Waals surface area (Å²) in [5, 5.41) is 8.19. The van der Waals surface area contributed by atoms with Crippen LogP contribution in [0.4, 0.5) is 17.1 Å². The molecule has 0 amide bonds. The van der Waals surface area contributed by atoms with Crippen molar-refractivity contribution in [1.82, 2.24) is 19.1 Å². The Kier molecular flexibility index (Phi) is 8.98. The normalized spacial score (nSPS) is 13.0. The summed E-state index contributed by atoms with van der Waals surface area (Å²) in [5.74, 6) is 0.624. The SMILES string of the molecule is c1ccc(-c2nc(-n3c4ccccc4c4ccc(N(c5ccc6c7c8ccccc8ccc7n(-c7ccccc7)c6c5)c5cccc6c5-c5ccccc5C65c6ccccc6-c6ccccc65)cc43)nc3ccccc23)cc1. The molecule has 0 N–H and O–H groups in total. The van der Waals surface area contributed by atoms with Crippen molar-refractivity contribution in [3.8, 4) is 45.1 Å². The summed E-state index contributed by atoms with van der Waals surface area (Å²) in [4.78, 5) is 13.4. The molecule has 362 valence electrons. The molecule has 78 heavy (non-hydrogen) atoms. The summed E-state index contributed by atoms with van der Waals surface area (Å²) in [5.41, 5.74) is 21.2. The molecule has 0 atom stereocenters. The van der Waals surface area contributed by atoms with Gasteiger partial charge in [0.05, 0.1) is 44.4 Å². The van der Waals surface area contributed by atoms with Gasteiger partial charge in [-0.25, -0.2) is 9.97 Å². The van der Waals surface area contributed by atoms with Gasteiger partial charge in [0.1, 0.15) is 0 Å². The molecule has 5 heteroatoms. The molecule has 0 unspecified atom stereocenters. The smallest absolute Gasteiger partial charge is 0.235 e. The topological polar surface area (TPSA) is 38.9 Å². The first-order valence-corrected chi connectivity index (χ1v) is 26.8. The number of anilines is 3. The molecule has 0 saturated heterocycles. The molecule has 0 fully saturated rings. The number of hydrogen-bond donors (Lipinski definition) is 0. The minimum absolute atomic E-state index is 0.522. The highest BCUT2D eigenvalue weighted by Crippen LogP contribution is 2.65. The zero-order valence-electron chi connectivity index (χ0n) is 42.2. The number of aromatic nitrogens is 4. The van der Waals surface area contributed by atoms with Crippen LogP contribution in [0.5, 0.6) is 0 Å². The van der Waals surface area contributed by atoms with Crippen LogP contribution >= 0.6 is 0 Å². The molecule has 17 rings (SSSR count). The van der Waals surface area contributed by atoms with Gasteiger partial charge in [0, 0.05) is 55.1 Å². The number of hydrogen-bond acceptors (Lipinski definition) is 3. The van der Waals surface area contributed by atoms with Crippen LogP contribution in [0.15, 0.2) is 273 Å². The van der Waals surface area contributed by atoms with Gasteiger partial charge in [-0.05, 0) is 110 Å². The fraction of sp³-hybridized carbons (Fsp3) is 0.0137. The summed E-state index contributed by atoms with van der Waals surface area (Å²) in [6.07, 6.45) is 0. The largest absolute Gasteiger partial charge is 0.310 e. The lowest BCUT2D eigenvalue weighted by atomic mass is 9.70. The van der Waals surface area contributed by atoms with Crippen LogP contribution in [0.1, 0.15) is 22.3 Å². The van der Waals surface area contributed by atoms with Crippen LogP contribution in [0.3, 0.4) is 0 Å². The fourth-order valence-electron chi connectivity index (χ4n) is 13.8. The van der Waals surface area contributed by atoms with Crippen LogP contribution in [0, 0.1) is 0 Å². The molecule has 3 aromatic heterocycles. The second kappa shape index (κ2) is 16.3. The maximum atomic E-state index is 5.50. The first-order valence-electron chi connectivity index (χ1n) is 26.8. The minimum Gasteiger partial charge on any atom is -0.310 e. The lowest BCUT2D eigenvalue weighted by Gasteiger charge is -2.32. The van der Waals surface area contributed by atoms with E-state index < -0.39 is 5.41 Å². The molecular weight excluding hydrogens is 947 g/mol. The lowest BCUT2D eigenvalue weighted by Crippen LogP contribution is -2.26. The first-order chi connectivity index (χ1) is 38.7. The maximum absolute atomic E-state index is 5.50. The summed E-state index contributed by atoms with van der Waals surface area (Å²) in [6.45, 7) is 0. The number of rotatable bonds is 6. The fourth-order valence-corrected chi connectivity index (χ4v) is 13.8. The van der Waals surface area contributed by atoms with Crippen molar-refractivity contribution in [3.05, 3.63) is 295 Å². The van der Waals surface area contributed by atoms with Gasteiger partial charge in [-0.3, -0.25) is 4.57 Å². The van der Waals surface area contributed by atoms with Crippen LogP contribution in [-0.2, 0) is 5.41 Å². The van der Waals surface area contributed by atoms with Crippen LogP contribution < -0.4 is 4.90 Å². The third kappa shape index (κ3) is 5.84. The van der Waals surface area contributed by atoms with Crippen molar-refractivity contribution in [2.45, 2.75) is 5.41 Å². The van der Waals surface area contributed by atoms with Gasteiger partial charge in [-0.15, -0.1) is 0 Å². The Morgan fingerprint density at radius 1 is 0.346 bits per heavy atom. The molecule has 0 aliphatic heterocycles. The third-order valence-electron chi connectivity index (χ3n) is 16.9. The summed E-state index contributed by atoms with van der Waals surface area (Å²) in [7, 11) is 0. The zero-order valence-corrected chi connectivity index (χ0v) is 42.2. The molecule has 12 aromatic carbocycles. The number of para-hydroxylation sites is 3. The molecule has 0 bridgehead atoms. The van der Waals surface area contributed by atoms with E-state index in [-0.39, 0.29) is 0 Å². The first kappa shape index (κ1) is 42.9. The van der Waals surface area contributed by atoms with Gasteiger partial charge >= 0.3 is 0 Å². The van der Waals surface area contributed by atoms with Gasteiger partial charge in [-0.2, -0.15) is 0 Å². The van der Waals surface area contributed by atoms with Gasteiger partial charge in [0.25, 0.3) is 0 Å². The van der Waals surface area contributed by atoms with Crippen LogP contribution in [0.2, 0.25) is 0 Å². The summed E-state index contributed by atoms with van der Waals surface area (Å²) < 4.78 is 4.73. The van der Waals surface area contributed by atoms with Crippen molar-refractivity contribution >= 4 is 82.3 Å². The minimum atomic E-state index is -0.522. The Balaban J connectivity index is 0.982. The zero-order chi connectivity index (χ0) is 51.1. The van der Waals surface area contributed by atoms with Gasteiger partial charge in [0.15, 0.2) is 0 Å². The molecule has 2 aliphatic carbocycles. The molecule has 2 aliphatic rings. The van der Waals surface area contributed by atoms with Crippen LogP contribution in [-0.4, -0.2) is 19.1 Å². The average Bonchev–Trinajstić information content (AvgIpc) is 4.19. The van der Waals surface area contributed by atoms with Crippen molar-refractivity contribution in [2.24, 2.45) is 0 Å². The van der Waals surface area contributed by atoms with E-state index in [2.05, 4.69) is 287 Å². The van der Waals surface area contributed by atoms with Crippen LogP contribution in [0.25, 0.3) is 110 Å². The molecule has 1 spiro atoms. The van der Waals surface area contributed by atoms with E-state index in [1.54, 1.807) is 0 Å². The van der Waals surface area contributed by atoms with E-state index in [1.807, 2.05) is 0 Å². The standard InChI is InChI=1S/C73H45N5/c1-3-21-47(22-4-1)71-57-30-12-17-35-63(57)74-72(75-71)78-64-36-18-13-28-54(64)55-41-39-49(44-67(55)78)76(50-40-42-58-68(45-50)77(48-23-5-2-6-24-48)66-43-38-46-20-7-8-25-51(46)69(58)66)65-37-19-34-62-70(65)56-29-11-16-33-61(56)73(62)59-31-14-9-26-52(59)53-27-10-15-32-60(53)73/h1-45H.